The summed E-state index contributed by atoms with van der Waals surface area (Å²) in [5, 5.41) is 0. The maximum atomic E-state index is 5.96. The van der Waals surface area contributed by atoms with Crippen molar-refractivity contribution >= 4 is 0 Å². The Labute approximate surface area is 115 Å². The largest absolute Gasteiger partial charge is 0.366 e. The Balaban J connectivity index is 1.96. The van der Waals surface area contributed by atoms with E-state index in [1.165, 1.54) is 0 Å². The average molecular weight is 262 g/mol. The highest BCUT2D eigenvalue weighted by molar-refractivity contribution is 5.14. The lowest BCUT2D eigenvalue weighted by Crippen LogP contribution is -2.33. The van der Waals surface area contributed by atoms with Crippen LogP contribution in [-0.2, 0) is 20.8 Å². The topological polar surface area (TPSA) is 27.7 Å². The van der Waals surface area contributed by atoms with E-state index in [4.69, 9.17) is 14.2 Å². The zero-order chi connectivity index (χ0) is 13.9. The Morgan fingerprint density at radius 2 is 2.11 bits per heavy atom. The molecule has 1 aliphatic heterocycles. The van der Waals surface area contributed by atoms with E-state index in [2.05, 4.69) is 6.58 Å². The van der Waals surface area contributed by atoms with Gasteiger partial charge in [0.2, 0.25) is 0 Å². The normalized spacial score (nSPS) is 23.2. The molecule has 0 aromatic heterocycles. The summed E-state index contributed by atoms with van der Waals surface area (Å²) >= 11 is 0. The third-order valence-electron chi connectivity index (χ3n) is 3.13. The lowest BCUT2D eigenvalue weighted by atomic mass is 10.1. The van der Waals surface area contributed by atoms with Crippen LogP contribution in [0.3, 0.4) is 0 Å². The van der Waals surface area contributed by atoms with Crippen molar-refractivity contribution < 1.29 is 14.2 Å². The van der Waals surface area contributed by atoms with E-state index < -0.39 is 5.79 Å². The minimum Gasteiger partial charge on any atom is -0.366 e. The molecule has 3 nitrogen and oxygen atoms in total. The summed E-state index contributed by atoms with van der Waals surface area (Å²) in [7, 11) is 0. The molecule has 1 saturated heterocycles. The fourth-order valence-electron chi connectivity index (χ4n) is 2.19. The molecule has 0 unspecified atom stereocenters. The van der Waals surface area contributed by atoms with Gasteiger partial charge in [0, 0.05) is 0 Å². The molecule has 0 saturated carbocycles. The Bertz CT molecular complexity index is 425. The minimum atomic E-state index is -0.533. The van der Waals surface area contributed by atoms with E-state index in [0.29, 0.717) is 13.2 Å². The first-order valence-corrected chi connectivity index (χ1v) is 6.61. The fraction of sp³-hybridized carbons (Fsp3) is 0.500. The molecule has 3 heteroatoms. The van der Waals surface area contributed by atoms with Crippen LogP contribution in [0, 0.1) is 0 Å². The van der Waals surface area contributed by atoms with Crippen molar-refractivity contribution in [2.45, 2.75) is 45.4 Å². The smallest absolute Gasteiger partial charge is 0.163 e. The molecule has 0 amide bonds. The SMILES string of the molecule is C=C(C)[C@@H](OCc1ccccc1)[C@H]1COC(C)(C)O1. The van der Waals surface area contributed by atoms with Crippen molar-refractivity contribution in [2.24, 2.45) is 0 Å². The summed E-state index contributed by atoms with van der Waals surface area (Å²) in [5.74, 6) is -0.533. The maximum absolute atomic E-state index is 5.96. The van der Waals surface area contributed by atoms with Gasteiger partial charge in [0.25, 0.3) is 0 Å². The van der Waals surface area contributed by atoms with Crippen molar-refractivity contribution in [3.8, 4) is 0 Å². The number of hydrogen-bond donors (Lipinski definition) is 0. The Morgan fingerprint density at radius 3 is 2.63 bits per heavy atom. The van der Waals surface area contributed by atoms with Gasteiger partial charge in [-0.15, -0.1) is 0 Å². The van der Waals surface area contributed by atoms with Gasteiger partial charge in [-0.2, -0.15) is 0 Å². The van der Waals surface area contributed by atoms with Crippen LogP contribution in [0.2, 0.25) is 0 Å². The molecular formula is C16H22O3. The van der Waals surface area contributed by atoms with Crippen LogP contribution in [-0.4, -0.2) is 24.6 Å². The quantitative estimate of drug-likeness (QED) is 0.762. The van der Waals surface area contributed by atoms with Crippen molar-refractivity contribution in [1.29, 1.82) is 0 Å². The van der Waals surface area contributed by atoms with E-state index in [9.17, 15) is 0 Å². The van der Waals surface area contributed by atoms with Gasteiger partial charge >= 0.3 is 0 Å². The summed E-state index contributed by atoms with van der Waals surface area (Å²) in [6.07, 6.45) is -0.224. The summed E-state index contributed by atoms with van der Waals surface area (Å²) in [4.78, 5) is 0. The molecule has 0 spiro atoms. The predicted octanol–water partition coefficient (Wildman–Crippen LogP) is 3.30. The van der Waals surface area contributed by atoms with Crippen LogP contribution in [0.1, 0.15) is 26.3 Å². The lowest BCUT2D eigenvalue weighted by Gasteiger charge is -2.25. The average Bonchev–Trinajstić information content (AvgIpc) is 2.71. The highest BCUT2D eigenvalue weighted by Crippen LogP contribution is 2.28. The van der Waals surface area contributed by atoms with Gasteiger partial charge in [0.05, 0.1) is 13.2 Å². The molecule has 2 rings (SSSR count). The molecule has 1 aliphatic rings. The second kappa shape index (κ2) is 5.87. The molecule has 0 aliphatic carbocycles. The van der Waals surface area contributed by atoms with E-state index in [0.717, 1.165) is 11.1 Å². The molecule has 1 heterocycles. The molecule has 0 radical (unpaired) electrons. The maximum Gasteiger partial charge on any atom is 0.163 e. The summed E-state index contributed by atoms with van der Waals surface area (Å²) in [5.41, 5.74) is 2.11. The van der Waals surface area contributed by atoms with E-state index in [1.54, 1.807) is 0 Å². The molecule has 0 N–H and O–H groups in total. The second-order valence-electron chi connectivity index (χ2n) is 5.43. The molecule has 0 bridgehead atoms. The fourth-order valence-corrected chi connectivity index (χ4v) is 2.19. The van der Waals surface area contributed by atoms with Crippen molar-refractivity contribution in [2.75, 3.05) is 6.61 Å². The van der Waals surface area contributed by atoms with Crippen molar-refractivity contribution in [3.63, 3.8) is 0 Å². The summed E-state index contributed by atoms with van der Waals surface area (Å²) in [6, 6.07) is 10.1. The first-order chi connectivity index (χ1) is 8.98. The van der Waals surface area contributed by atoms with Gasteiger partial charge in [0.15, 0.2) is 5.79 Å². The van der Waals surface area contributed by atoms with Crippen molar-refractivity contribution in [1.82, 2.24) is 0 Å². The van der Waals surface area contributed by atoms with Gasteiger partial charge in [-0.3, -0.25) is 0 Å². The molecule has 19 heavy (non-hydrogen) atoms. The van der Waals surface area contributed by atoms with Crippen LogP contribution in [0.25, 0.3) is 0 Å². The zero-order valence-corrected chi connectivity index (χ0v) is 11.9. The van der Waals surface area contributed by atoms with Gasteiger partial charge in [0.1, 0.15) is 12.2 Å². The Morgan fingerprint density at radius 1 is 1.42 bits per heavy atom. The minimum absolute atomic E-state index is 0.0868. The third-order valence-corrected chi connectivity index (χ3v) is 3.13. The zero-order valence-electron chi connectivity index (χ0n) is 11.9. The van der Waals surface area contributed by atoms with Gasteiger partial charge in [-0.25, -0.2) is 0 Å². The number of hydrogen-bond acceptors (Lipinski definition) is 3. The number of benzene rings is 1. The summed E-state index contributed by atoms with van der Waals surface area (Å²) in [6.45, 7) is 10.9. The molecule has 2 atom stereocenters. The second-order valence-corrected chi connectivity index (χ2v) is 5.43. The van der Waals surface area contributed by atoms with Crippen LogP contribution in [0.15, 0.2) is 42.5 Å². The summed E-state index contributed by atoms with van der Waals surface area (Å²) < 4.78 is 17.4. The van der Waals surface area contributed by atoms with Crippen LogP contribution >= 0.6 is 0 Å². The third kappa shape index (κ3) is 3.90. The monoisotopic (exact) mass is 262 g/mol. The van der Waals surface area contributed by atoms with Crippen LogP contribution in [0.4, 0.5) is 0 Å². The molecule has 1 aromatic carbocycles. The first kappa shape index (κ1) is 14.3. The highest BCUT2D eigenvalue weighted by Gasteiger charge is 2.38. The standard InChI is InChI=1S/C16H22O3/c1-12(2)15(14-11-18-16(3,4)19-14)17-10-13-8-6-5-7-9-13/h5-9,14-15H,1,10-11H2,2-4H3/t14-,15-/m1/s1. The van der Waals surface area contributed by atoms with E-state index in [1.807, 2.05) is 51.1 Å². The number of ether oxygens (including phenoxy) is 3. The molecule has 1 aromatic rings. The van der Waals surface area contributed by atoms with Crippen LogP contribution < -0.4 is 0 Å². The lowest BCUT2D eigenvalue weighted by molar-refractivity contribution is -0.153. The molecule has 1 fully saturated rings. The number of rotatable bonds is 5. The van der Waals surface area contributed by atoms with Crippen molar-refractivity contribution in [3.05, 3.63) is 48.0 Å². The van der Waals surface area contributed by atoms with E-state index in [-0.39, 0.29) is 12.2 Å². The van der Waals surface area contributed by atoms with E-state index >= 15 is 0 Å². The molecule has 104 valence electrons. The first-order valence-electron chi connectivity index (χ1n) is 6.61. The molecular weight excluding hydrogens is 240 g/mol. The van der Waals surface area contributed by atoms with Gasteiger partial charge < -0.3 is 14.2 Å². The van der Waals surface area contributed by atoms with Gasteiger partial charge in [-0.05, 0) is 31.9 Å². The highest BCUT2D eigenvalue weighted by atomic mass is 16.7. The van der Waals surface area contributed by atoms with Crippen LogP contribution in [0.5, 0.6) is 0 Å². The Kier molecular flexibility index (Phi) is 4.40. The van der Waals surface area contributed by atoms with Gasteiger partial charge in [-0.1, -0.05) is 36.9 Å². The predicted molar refractivity (Wildman–Crippen MR) is 74.7 cm³/mol. The Hall–Kier alpha value is -1.16.